The van der Waals surface area contributed by atoms with E-state index in [2.05, 4.69) is 37.4 Å². The van der Waals surface area contributed by atoms with E-state index in [9.17, 15) is 0 Å². The van der Waals surface area contributed by atoms with E-state index in [0.29, 0.717) is 18.6 Å². The van der Waals surface area contributed by atoms with Crippen molar-refractivity contribution in [2.75, 3.05) is 32.3 Å². The predicted molar refractivity (Wildman–Crippen MR) is 87.1 cm³/mol. The van der Waals surface area contributed by atoms with Crippen LogP contribution in [0.15, 0.2) is 23.2 Å². The number of ether oxygens (including phenoxy) is 1. The van der Waals surface area contributed by atoms with Gasteiger partial charge in [0.15, 0.2) is 0 Å². The Morgan fingerprint density at radius 3 is 2.91 bits per heavy atom. The summed E-state index contributed by atoms with van der Waals surface area (Å²) in [6.07, 6.45) is 0. The largest absolute Gasteiger partial charge is 0.494 e. The lowest BCUT2D eigenvalue weighted by Gasteiger charge is -2.25. The van der Waals surface area contributed by atoms with Gasteiger partial charge in [0.2, 0.25) is 11.9 Å². The Balaban J connectivity index is 1.90. The highest BCUT2D eigenvalue weighted by molar-refractivity contribution is 5.94. The maximum atomic E-state index is 5.39. The highest BCUT2D eigenvalue weighted by atomic mass is 16.5. The zero-order valence-electron chi connectivity index (χ0n) is 13.1. The highest BCUT2D eigenvalue weighted by Gasteiger charge is 2.13. The van der Waals surface area contributed by atoms with Crippen LogP contribution < -0.4 is 15.4 Å². The third-order valence-electron chi connectivity index (χ3n) is 3.68. The molecular formula is C15H20N6O. The molecule has 7 heteroatoms. The maximum Gasteiger partial charge on any atom is 0.230 e. The van der Waals surface area contributed by atoms with Gasteiger partial charge in [-0.2, -0.15) is 0 Å². The van der Waals surface area contributed by atoms with E-state index in [4.69, 9.17) is 4.74 Å². The summed E-state index contributed by atoms with van der Waals surface area (Å²) in [7, 11) is 1.64. The van der Waals surface area contributed by atoms with E-state index in [1.165, 1.54) is 0 Å². The first kappa shape index (κ1) is 14.5. The van der Waals surface area contributed by atoms with E-state index >= 15 is 0 Å². The van der Waals surface area contributed by atoms with Crippen LogP contribution in [0.2, 0.25) is 0 Å². The predicted octanol–water partition coefficient (Wildman–Crippen LogP) is 1.55. The van der Waals surface area contributed by atoms with Gasteiger partial charge in [-0.25, -0.2) is 15.0 Å². The molecule has 22 heavy (non-hydrogen) atoms. The maximum absolute atomic E-state index is 5.39. The molecule has 7 nitrogen and oxygen atoms in total. The summed E-state index contributed by atoms with van der Waals surface area (Å²) in [5.74, 6) is 1.95. The van der Waals surface area contributed by atoms with E-state index < -0.39 is 0 Å². The van der Waals surface area contributed by atoms with Gasteiger partial charge in [0.1, 0.15) is 11.3 Å². The van der Waals surface area contributed by atoms with Gasteiger partial charge in [-0.15, -0.1) is 0 Å². The van der Waals surface area contributed by atoms with Crippen LogP contribution in [0.4, 0.5) is 5.95 Å². The van der Waals surface area contributed by atoms with Crippen LogP contribution >= 0.6 is 0 Å². The van der Waals surface area contributed by atoms with Crippen molar-refractivity contribution < 1.29 is 4.74 Å². The third kappa shape index (κ3) is 2.80. The molecule has 116 valence electrons. The molecule has 0 atom stereocenters. The first-order valence-corrected chi connectivity index (χ1v) is 7.30. The number of methoxy groups -OCH3 is 1. The second kappa shape index (κ2) is 6.15. The Labute approximate surface area is 129 Å². The second-order valence-electron chi connectivity index (χ2n) is 5.08. The monoisotopic (exact) mass is 300 g/mol. The van der Waals surface area contributed by atoms with Crippen molar-refractivity contribution in [2.24, 2.45) is 4.99 Å². The fraction of sp³-hybridized carbons (Fsp3) is 0.400. The van der Waals surface area contributed by atoms with Crippen LogP contribution in [0, 0.1) is 6.92 Å². The Hall–Kier alpha value is -2.41. The molecule has 0 radical (unpaired) electrons. The summed E-state index contributed by atoms with van der Waals surface area (Å²) in [6, 6.07) is 5.83. The number of nitrogens with one attached hydrogen (secondary N) is 2. The van der Waals surface area contributed by atoms with E-state index in [1.54, 1.807) is 7.11 Å². The fourth-order valence-electron chi connectivity index (χ4n) is 2.36. The van der Waals surface area contributed by atoms with Gasteiger partial charge in [-0.05, 0) is 19.5 Å². The molecule has 1 aliphatic rings. The Bertz CT molecular complexity index is 714. The summed E-state index contributed by atoms with van der Waals surface area (Å²) in [4.78, 5) is 15.7. The quantitative estimate of drug-likeness (QED) is 0.896. The normalized spacial score (nSPS) is 15.3. The standard InChI is InChI=1S/C15H20N6O/c1-4-21-8-16-14(17-9-21)20-15-18-10(2)11-6-5-7-12(22-3)13(11)19-15/h5-7H,4,8-9H2,1-3H3,(H2,16,17,18,19,20). The van der Waals surface area contributed by atoms with Crippen molar-refractivity contribution in [3.05, 3.63) is 23.9 Å². The zero-order valence-corrected chi connectivity index (χ0v) is 13.1. The average molecular weight is 300 g/mol. The van der Waals surface area contributed by atoms with E-state index in [1.807, 2.05) is 25.1 Å². The average Bonchev–Trinajstić information content (AvgIpc) is 2.55. The number of para-hydroxylation sites is 1. The second-order valence-corrected chi connectivity index (χ2v) is 5.08. The van der Waals surface area contributed by atoms with Gasteiger partial charge in [0.25, 0.3) is 0 Å². The number of guanidine groups is 1. The Morgan fingerprint density at radius 1 is 1.36 bits per heavy atom. The minimum absolute atomic E-state index is 0.519. The lowest BCUT2D eigenvalue weighted by atomic mass is 10.2. The zero-order chi connectivity index (χ0) is 15.5. The number of hydrogen-bond acceptors (Lipinski definition) is 7. The number of rotatable bonds is 3. The summed E-state index contributed by atoms with van der Waals surface area (Å²) < 4.78 is 5.39. The van der Waals surface area contributed by atoms with Crippen LogP contribution in [0.1, 0.15) is 12.6 Å². The molecule has 0 saturated carbocycles. The Kier molecular flexibility index (Phi) is 4.06. The van der Waals surface area contributed by atoms with Crippen LogP contribution in [-0.4, -0.2) is 47.8 Å². The van der Waals surface area contributed by atoms with Gasteiger partial charge in [-0.3, -0.25) is 10.2 Å². The van der Waals surface area contributed by atoms with Crippen molar-refractivity contribution >= 4 is 22.8 Å². The molecule has 1 aromatic carbocycles. The van der Waals surface area contributed by atoms with Gasteiger partial charge in [0, 0.05) is 5.39 Å². The van der Waals surface area contributed by atoms with E-state index in [-0.39, 0.29) is 0 Å². The molecule has 1 aromatic heterocycles. The molecule has 0 fully saturated rings. The molecule has 1 aliphatic heterocycles. The van der Waals surface area contributed by atoms with Crippen molar-refractivity contribution in [3.63, 3.8) is 0 Å². The number of aryl methyl sites for hydroxylation is 1. The molecule has 0 spiro atoms. The number of aromatic nitrogens is 2. The van der Waals surface area contributed by atoms with E-state index in [0.717, 1.165) is 35.6 Å². The molecule has 0 amide bonds. The van der Waals surface area contributed by atoms with Gasteiger partial charge in [-0.1, -0.05) is 19.1 Å². The minimum atomic E-state index is 0.519. The lowest BCUT2D eigenvalue weighted by molar-refractivity contribution is 0.279. The molecule has 0 aliphatic carbocycles. The van der Waals surface area contributed by atoms with Crippen LogP contribution in [0.5, 0.6) is 5.75 Å². The number of nitrogens with zero attached hydrogens (tertiary/aromatic N) is 4. The summed E-state index contributed by atoms with van der Waals surface area (Å²) >= 11 is 0. The number of anilines is 1. The van der Waals surface area contributed by atoms with Crippen LogP contribution in [0.25, 0.3) is 10.9 Å². The van der Waals surface area contributed by atoms with Crippen molar-refractivity contribution in [1.29, 1.82) is 0 Å². The number of aliphatic imine (C=N–C) groups is 1. The summed E-state index contributed by atoms with van der Waals surface area (Å²) in [5.41, 5.74) is 1.70. The Morgan fingerprint density at radius 2 is 2.23 bits per heavy atom. The third-order valence-corrected chi connectivity index (χ3v) is 3.68. The topological polar surface area (TPSA) is 74.7 Å². The molecule has 0 saturated heterocycles. The molecule has 0 unspecified atom stereocenters. The van der Waals surface area contributed by atoms with Gasteiger partial charge < -0.3 is 10.1 Å². The summed E-state index contributed by atoms with van der Waals surface area (Å²) in [5, 5.41) is 7.35. The first-order chi connectivity index (χ1) is 10.7. The molecule has 0 bridgehead atoms. The van der Waals surface area contributed by atoms with Gasteiger partial charge in [0.05, 0.1) is 26.1 Å². The highest BCUT2D eigenvalue weighted by Crippen LogP contribution is 2.26. The molecule has 3 rings (SSSR count). The van der Waals surface area contributed by atoms with Crippen molar-refractivity contribution in [1.82, 2.24) is 20.2 Å². The SMILES string of the molecule is CCN1CN=C(Nc2nc(C)c3cccc(OC)c3n2)NC1. The van der Waals surface area contributed by atoms with Crippen molar-refractivity contribution in [2.45, 2.75) is 13.8 Å². The lowest BCUT2D eigenvalue weighted by Crippen LogP contribution is -2.45. The molecule has 2 aromatic rings. The van der Waals surface area contributed by atoms with Crippen LogP contribution in [0.3, 0.4) is 0 Å². The van der Waals surface area contributed by atoms with Gasteiger partial charge >= 0.3 is 0 Å². The molecule has 2 N–H and O–H groups in total. The number of fused-ring (bicyclic) bond motifs is 1. The van der Waals surface area contributed by atoms with Crippen LogP contribution in [-0.2, 0) is 0 Å². The first-order valence-electron chi connectivity index (χ1n) is 7.30. The number of benzene rings is 1. The fourth-order valence-corrected chi connectivity index (χ4v) is 2.36. The molecule has 2 heterocycles. The van der Waals surface area contributed by atoms with Crippen molar-refractivity contribution in [3.8, 4) is 5.75 Å². The summed E-state index contributed by atoms with van der Waals surface area (Å²) in [6.45, 7) is 6.47. The molecular weight excluding hydrogens is 280 g/mol. The number of hydrogen-bond donors (Lipinski definition) is 2. The minimum Gasteiger partial charge on any atom is -0.494 e. The smallest absolute Gasteiger partial charge is 0.230 e.